The van der Waals surface area contributed by atoms with Crippen LogP contribution >= 0.6 is 0 Å². The molecule has 0 aliphatic carbocycles. The number of hydrogen-bond acceptors (Lipinski definition) is 3. The van der Waals surface area contributed by atoms with Gasteiger partial charge >= 0.3 is 0 Å². The minimum Gasteiger partial charge on any atom is -0.497 e. The second kappa shape index (κ2) is 5.73. The van der Waals surface area contributed by atoms with E-state index in [0.717, 1.165) is 11.3 Å². The van der Waals surface area contributed by atoms with Gasteiger partial charge in [-0.15, -0.1) is 0 Å². The van der Waals surface area contributed by atoms with E-state index in [4.69, 9.17) is 9.47 Å². The fraction of sp³-hybridized carbons (Fsp3) is 0.500. The first-order valence-corrected chi connectivity index (χ1v) is 5.07. The molecule has 15 heavy (non-hydrogen) atoms. The molecule has 0 aliphatic heterocycles. The Kier molecular flexibility index (Phi) is 4.59. The largest absolute Gasteiger partial charge is 0.497 e. The topological polar surface area (TPSA) is 38.7 Å². The van der Waals surface area contributed by atoms with Gasteiger partial charge in [0, 0.05) is 0 Å². The molecular weight excluding hydrogens is 192 g/mol. The van der Waals surface area contributed by atoms with E-state index in [-0.39, 0.29) is 6.10 Å². The van der Waals surface area contributed by atoms with Crippen molar-refractivity contribution in [1.29, 1.82) is 0 Å². The molecule has 0 saturated carbocycles. The fourth-order valence-electron chi connectivity index (χ4n) is 1.21. The Labute approximate surface area is 90.6 Å². The van der Waals surface area contributed by atoms with E-state index in [1.807, 2.05) is 38.1 Å². The summed E-state index contributed by atoms with van der Waals surface area (Å²) in [5.41, 5.74) is 0.844. The van der Waals surface area contributed by atoms with Gasteiger partial charge in [0.05, 0.1) is 19.8 Å². The van der Waals surface area contributed by atoms with Gasteiger partial charge in [0.2, 0.25) is 0 Å². The minimum absolute atomic E-state index is 0.137. The van der Waals surface area contributed by atoms with E-state index in [2.05, 4.69) is 0 Å². The summed E-state index contributed by atoms with van der Waals surface area (Å²) in [4.78, 5) is 0. The number of aliphatic hydroxyl groups excluding tert-OH is 1. The highest BCUT2D eigenvalue weighted by molar-refractivity contribution is 5.28. The van der Waals surface area contributed by atoms with Gasteiger partial charge in [0.25, 0.3) is 0 Å². The highest BCUT2D eigenvalue weighted by Gasteiger charge is 2.08. The third-order valence-electron chi connectivity index (χ3n) is 2.09. The SMILES string of the molecule is COc1ccc(C(O)COC(C)C)cc1. The molecule has 0 amide bonds. The van der Waals surface area contributed by atoms with Crippen molar-refractivity contribution in [3.63, 3.8) is 0 Å². The van der Waals surface area contributed by atoms with Crippen LogP contribution in [0.5, 0.6) is 5.75 Å². The number of hydrogen-bond donors (Lipinski definition) is 1. The molecule has 0 aliphatic rings. The number of rotatable bonds is 5. The maximum atomic E-state index is 9.77. The molecule has 0 saturated heterocycles. The molecule has 0 bridgehead atoms. The second-order valence-electron chi connectivity index (χ2n) is 3.67. The lowest BCUT2D eigenvalue weighted by Gasteiger charge is -2.14. The van der Waals surface area contributed by atoms with E-state index in [1.54, 1.807) is 7.11 Å². The lowest BCUT2D eigenvalue weighted by molar-refractivity contribution is 0.00491. The maximum Gasteiger partial charge on any atom is 0.118 e. The van der Waals surface area contributed by atoms with E-state index in [1.165, 1.54) is 0 Å². The van der Waals surface area contributed by atoms with Crippen LogP contribution in [-0.2, 0) is 4.74 Å². The Morgan fingerprint density at radius 2 is 1.80 bits per heavy atom. The predicted molar refractivity (Wildman–Crippen MR) is 59.0 cm³/mol. The van der Waals surface area contributed by atoms with Crippen molar-refractivity contribution < 1.29 is 14.6 Å². The molecule has 0 heterocycles. The van der Waals surface area contributed by atoms with Crippen molar-refractivity contribution in [2.24, 2.45) is 0 Å². The second-order valence-corrected chi connectivity index (χ2v) is 3.67. The highest BCUT2D eigenvalue weighted by Crippen LogP contribution is 2.17. The van der Waals surface area contributed by atoms with Crippen LogP contribution in [0.15, 0.2) is 24.3 Å². The van der Waals surface area contributed by atoms with E-state index >= 15 is 0 Å². The van der Waals surface area contributed by atoms with Crippen molar-refractivity contribution in [3.8, 4) is 5.75 Å². The molecule has 3 nitrogen and oxygen atoms in total. The van der Waals surface area contributed by atoms with Gasteiger partial charge in [-0.2, -0.15) is 0 Å². The molecule has 1 unspecified atom stereocenters. The standard InChI is InChI=1S/C12H18O3/c1-9(2)15-8-12(13)10-4-6-11(14-3)7-5-10/h4-7,9,12-13H,8H2,1-3H3. The fourth-order valence-corrected chi connectivity index (χ4v) is 1.21. The molecular formula is C12H18O3. The van der Waals surface area contributed by atoms with Crippen LogP contribution in [0.3, 0.4) is 0 Å². The van der Waals surface area contributed by atoms with Gasteiger partial charge in [-0.25, -0.2) is 0 Å². The van der Waals surface area contributed by atoms with Crippen LogP contribution in [0.4, 0.5) is 0 Å². The lowest BCUT2D eigenvalue weighted by Crippen LogP contribution is -2.11. The van der Waals surface area contributed by atoms with Gasteiger partial charge in [0.15, 0.2) is 0 Å². The Morgan fingerprint density at radius 3 is 2.27 bits per heavy atom. The number of aliphatic hydroxyl groups is 1. The van der Waals surface area contributed by atoms with E-state index < -0.39 is 6.10 Å². The smallest absolute Gasteiger partial charge is 0.118 e. The number of benzene rings is 1. The zero-order valence-corrected chi connectivity index (χ0v) is 9.43. The maximum absolute atomic E-state index is 9.77. The van der Waals surface area contributed by atoms with Crippen molar-refractivity contribution >= 4 is 0 Å². The molecule has 0 fully saturated rings. The first-order valence-electron chi connectivity index (χ1n) is 5.07. The Bertz CT molecular complexity index is 279. The average molecular weight is 210 g/mol. The molecule has 1 rings (SSSR count). The van der Waals surface area contributed by atoms with Crippen molar-refractivity contribution in [3.05, 3.63) is 29.8 Å². The summed E-state index contributed by atoms with van der Waals surface area (Å²) in [5, 5.41) is 9.77. The van der Waals surface area contributed by atoms with Gasteiger partial charge < -0.3 is 14.6 Å². The van der Waals surface area contributed by atoms with Gasteiger partial charge in [-0.05, 0) is 31.5 Å². The van der Waals surface area contributed by atoms with Gasteiger partial charge in [0.1, 0.15) is 11.9 Å². The van der Waals surface area contributed by atoms with E-state index in [9.17, 15) is 5.11 Å². The summed E-state index contributed by atoms with van der Waals surface area (Å²) in [7, 11) is 1.62. The van der Waals surface area contributed by atoms with Crippen LogP contribution < -0.4 is 4.74 Å². The summed E-state index contributed by atoms with van der Waals surface area (Å²) in [5.74, 6) is 0.788. The number of ether oxygens (including phenoxy) is 2. The Hall–Kier alpha value is -1.06. The van der Waals surface area contributed by atoms with Crippen LogP contribution in [0.1, 0.15) is 25.5 Å². The van der Waals surface area contributed by atoms with Crippen molar-refractivity contribution in [2.75, 3.05) is 13.7 Å². The first-order chi connectivity index (χ1) is 7.13. The zero-order chi connectivity index (χ0) is 11.3. The molecule has 1 aromatic rings. The molecule has 1 N–H and O–H groups in total. The van der Waals surface area contributed by atoms with Crippen LogP contribution in [0.2, 0.25) is 0 Å². The molecule has 3 heteroatoms. The molecule has 0 spiro atoms. The molecule has 1 aromatic carbocycles. The summed E-state index contributed by atoms with van der Waals surface area (Å²) >= 11 is 0. The summed E-state index contributed by atoms with van der Waals surface area (Å²) in [6.45, 7) is 4.21. The van der Waals surface area contributed by atoms with Gasteiger partial charge in [-0.3, -0.25) is 0 Å². The van der Waals surface area contributed by atoms with Gasteiger partial charge in [-0.1, -0.05) is 12.1 Å². The summed E-state index contributed by atoms with van der Waals surface area (Å²) in [6, 6.07) is 7.34. The minimum atomic E-state index is -0.571. The lowest BCUT2D eigenvalue weighted by atomic mass is 10.1. The normalized spacial score (nSPS) is 12.9. The van der Waals surface area contributed by atoms with Crippen molar-refractivity contribution in [1.82, 2.24) is 0 Å². The number of methoxy groups -OCH3 is 1. The molecule has 0 aromatic heterocycles. The van der Waals surface area contributed by atoms with E-state index in [0.29, 0.717) is 6.61 Å². The molecule has 1 atom stereocenters. The third kappa shape index (κ3) is 3.90. The van der Waals surface area contributed by atoms with Crippen LogP contribution in [-0.4, -0.2) is 24.9 Å². The van der Waals surface area contributed by atoms with Crippen LogP contribution in [0, 0.1) is 0 Å². The van der Waals surface area contributed by atoms with Crippen molar-refractivity contribution in [2.45, 2.75) is 26.1 Å². The Balaban J connectivity index is 2.54. The quantitative estimate of drug-likeness (QED) is 0.809. The van der Waals surface area contributed by atoms with Crippen LogP contribution in [0.25, 0.3) is 0 Å². The first kappa shape index (κ1) is 12.0. The monoisotopic (exact) mass is 210 g/mol. The average Bonchev–Trinajstić information content (AvgIpc) is 2.26. The Morgan fingerprint density at radius 1 is 1.20 bits per heavy atom. The summed E-state index contributed by atoms with van der Waals surface area (Å²) < 4.78 is 10.4. The highest BCUT2D eigenvalue weighted by atomic mass is 16.5. The molecule has 84 valence electrons. The third-order valence-corrected chi connectivity index (χ3v) is 2.09. The predicted octanol–water partition coefficient (Wildman–Crippen LogP) is 2.15. The summed E-state index contributed by atoms with van der Waals surface area (Å²) in [6.07, 6.45) is -0.434. The molecule has 0 radical (unpaired) electrons. The zero-order valence-electron chi connectivity index (χ0n) is 9.43.